The van der Waals surface area contributed by atoms with Gasteiger partial charge in [-0.05, 0) is 30.9 Å². The number of hydrogen-bond acceptors (Lipinski definition) is 5. The number of nitrogens with one attached hydrogen (secondary N) is 1. The van der Waals surface area contributed by atoms with Gasteiger partial charge in [-0.1, -0.05) is 38.1 Å². The van der Waals surface area contributed by atoms with Crippen molar-refractivity contribution < 1.29 is 23.9 Å². The maximum Gasteiger partial charge on any atom is 0.355 e. The molecule has 0 unspecified atom stereocenters. The summed E-state index contributed by atoms with van der Waals surface area (Å²) in [7, 11) is 1.27. The van der Waals surface area contributed by atoms with Crippen molar-refractivity contribution in [2.45, 2.75) is 33.6 Å². The Labute approximate surface area is 152 Å². The van der Waals surface area contributed by atoms with Crippen LogP contribution in [0.15, 0.2) is 24.3 Å². The van der Waals surface area contributed by atoms with E-state index in [-0.39, 0.29) is 18.1 Å². The van der Waals surface area contributed by atoms with Gasteiger partial charge in [-0.15, -0.1) is 0 Å². The highest BCUT2D eigenvalue weighted by atomic mass is 16.5. The van der Waals surface area contributed by atoms with Crippen LogP contribution in [0.1, 0.15) is 67.8 Å². The normalized spacial score (nSPS) is 10.7. The van der Waals surface area contributed by atoms with Crippen molar-refractivity contribution in [3.05, 3.63) is 57.9 Å². The molecule has 0 atom stereocenters. The second kappa shape index (κ2) is 7.99. The van der Waals surface area contributed by atoms with Gasteiger partial charge >= 0.3 is 11.9 Å². The van der Waals surface area contributed by atoms with E-state index in [0.29, 0.717) is 28.3 Å². The summed E-state index contributed by atoms with van der Waals surface area (Å²) < 4.78 is 9.82. The molecule has 0 spiro atoms. The molecule has 0 saturated carbocycles. The lowest BCUT2D eigenvalue weighted by atomic mass is 10.0. The molecule has 0 aliphatic heterocycles. The predicted molar refractivity (Wildman–Crippen MR) is 96.8 cm³/mol. The number of carbonyl (C=O) groups excluding carboxylic acids is 3. The van der Waals surface area contributed by atoms with Crippen LogP contribution in [-0.4, -0.2) is 36.4 Å². The summed E-state index contributed by atoms with van der Waals surface area (Å²) in [6, 6.07) is 7.23. The standard InChI is InChI=1S/C20H23NO5/c1-11(2)14-6-8-15(9-7-14)16(22)10-26-20(24)18-12(3)17(13(4)21-18)19(23)25-5/h6-9,11,21H,10H2,1-5H3. The van der Waals surface area contributed by atoms with Crippen molar-refractivity contribution in [2.24, 2.45) is 0 Å². The Morgan fingerprint density at radius 3 is 2.19 bits per heavy atom. The van der Waals surface area contributed by atoms with Gasteiger partial charge in [-0.2, -0.15) is 0 Å². The van der Waals surface area contributed by atoms with Crippen LogP contribution in [0.4, 0.5) is 0 Å². The molecule has 0 aliphatic carbocycles. The van der Waals surface area contributed by atoms with E-state index < -0.39 is 11.9 Å². The molecule has 26 heavy (non-hydrogen) atoms. The number of hydrogen-bond donors (Lipinski definition) is 1. The number of ketones is 1. The zero-order chi connectivity index (χ0) is 19.4. The van der Waals surface area contributed by atoms with Crippen LogP contribution in [0.2, 0.25) is 0 Å². The summed E-state index contributed by atoms with van der Waals surface area (Å²) >= 11 is 0. The minimum atomic E-state index is -0.687. The predicted octanol–water partition coefficient (Wildman–Crippen LogP) is 3.58. The first-order chi connectivity index (χ1) is 12.3. The highest BCUT2D eigenvalue weighted by Gasteiger charge is 2.24. The van der Waals surface area contributed by atoms with Crippen molar-refractivity contribution in [1.82, 2.24) is 4.98 Å². The molecule has 2 rings (SSSR count). The Bertz CT molecular complexity index is 831. The summed E-state index contributed by atoms with van der Waals surface area (Å²) in [5, 5.41) is 0. The SMILES string of the molecule is COC(=O)c1c(C)[nH]c(C(=O)OCC(=O)c2ccc(C(C)C)cc2)c1C. The Morgan fingerprint density at radius 2 is 1.65 bits per heavy atom. The number of esters is 2. The van der Waals surface area contributed by atoms with Crippen LogP contribution in [0.3, 0.4) is 0 Å². The topological polar surface area (TPSA) is 85.5 Å². The Morgan fingerprint density at radius 1 is 1.04 bits per heavy atom. The first-order valence-electron chi connectivity index (χ1n) is 8.34. The maximum atomic E-state index is 12.3. The van der Waals surface area contributed by atoms with E-state index in [2.05, 4.69) is 18.8 Å². The third-order valence-electron chi connectivity index (χ3n) is 4.26. The van der Waals surface area contributed by atoms with Crippen LogP contribution in [0.5, 0.6) is 0 Å². The average molecular weight is 357 g/mol. The van der Waals surface area contributed by atoms with Crippen LogP contribution < -0.4 is 0 Å². The summed E-state index contributed by atoms with van der Waals surface area (Å²) in [4.78, 5) is 39.1. The van der Waals surface area contributed by atoms with Gasteiger partial charge in [0.05, 0.1) is 12.7 Å². The zero-order valence-corrected chi connectivity index (χ0v) is 15.6. The molecule has 138 valence electrons. The molecular weight excluding hydrogens is 334 g/mol. The third kappa shape index (κ3) is 4.02. The third-order valence-corrected chi connectivity index (χ3v) is 4.26. The summed E-state index contributed by atoms with van der Waals surface area (Å²) in [6.07, 6.45) is 0. The van der Waals surface area contributed by atoms with Gasteiger partial charge in [0.15, 0.2) is 12.4 Å². The number of methoxy groups -OCH3 is 1. The smallest absolute Gasteiger partial charge is 0.355 e. The van der Waals surface area contributed by atoms with Crippen LogP contribution in [0, 0.1) is 13.8 Å². The van der Waals surface area contributed by atoms with Crippen LogP contribution >= 0.6 is 0 Å². The fourth-order valence-electron chi connectivity index (χ4n) is 2.70. The number of benzene rings is 1. The zero-order valence-electron chi connectivity index (χ0n) is 15.6. The summed E-state index contributed by atoms with van der Waals surface area (Å²) in [6.45, 7) is 7.06. The Balaban J connectivity index is 2.07. The minimum Gasteiger partial charge on any atom is -0.465 e. The molecule has 1 N–H and O–H groups in total. The molecule has 6 nitrogen and oxygen atoms in total. The molecule has 0 fully saturated rings. The number of ether oxygens (including phenoxy) is 2. The van der Waals surface area contributed by atoms with E-state index in [9.17, 15) is 14.4 Å². The van der Waals surface area contributed by atoms with Gasteiger partial charge in [0.25, 0.3) is 0 Å². The quantitative estimate of drug-likeness (QED) is 0.631. The molecule has 0 saturated heterocycles. The van der Waals surface area contributed by atoms with Gasteiger partial charge in [0.2, 0.25) is 0 Å². The van der Waals surface area contributed by atoms with E-state index in [1.54, 1.807) is 26.0 Å². The Hall–Kier alpha value is -2.89. The minimum absolute atomic E-state index is 0.144. The lowest BCUT2D eigenvalue weighted by molar-refractivity contribution is 0.0468. The number of aryl methyl sites for hydroxylation is 1. The van der Waals surface area contributed by atoms with Crippen molar-refractivity contribution >= 4 is 17.7 Å². The van der Waals surface area contributed by atoms with Gasteiger partial charge in [0.1, 0.15) is 5.69 Å². The number of Topliss-reactive ketones (excluding diaryl/α,β-unsaturated/α-hetero) is 1. The number of aromatic amines is 1. The molecule has 1 aromatic heterocycles. The average Bonchev–Trinajstić information content (AvgIpc) is 2.93. The monoisotopic (exact) mass is 357 g/mol. The number of rotatable bonds is 6. The summed E-state index contributed by atoms with van der Waals surface area (Å²) in [5.41, 5.74) is 3.01. The second-order valence-corrected chi connectivity index (χ2v) is 6.39. The van der Waals surface area contributed by atoms with Gasteiger partial charge in [-0.25, -0.2) is 9.59 Å². The molecule has 1 aromatic carbocycles. The van der Waals surface area contributed by atoms with Crippen molar-refractivity contribution in [3.8, 4) is 0 Å². The highest BCUT2D eigenvalue weighted by molar-refractivity contribution is 6.01. The Kier molecular flexibility index (Phi) is 5.97. The van der Waals surface area contributed by atoms with E-state index in [1.807, 2.05) is 12.1 Å². The number of carbonyl (C=O) groups is 3. The molecule has 2 aromatic rings. The molecule has 0 amide bonds. The van der Waals surface area contributed by atoms with E-state index in [4.69, 9.17) is 9.47 Å². The van der Waals surface area contributed by atoms with Crippen molar-refractivity contribution in [2.75, 3.05) is 13.7 Å². The van der Waals surface area contributed by atoms with E-state index >= 15 is 0 Å². The second-order valence-electron chi connectivity index (χ2n) is 6.39. The first-order valence-corrected chi connectivity index (χ1v) is 8.34. The molecule has 0 radical (unpaired) electrons. The lowest BCUT2D eigenvalue weighted by Crippen LogP contribution is -2.15. The molecular formula is C20H23NO5. The fourth-order valence-corrected chi connectivity index (χ4v) is 2.70. The molecule has 0 bridgehead atoms. The van der Waals surface area contributed by atoms with Gasteiger partial charge in [-0.3, -0.25) is 4.79 Å². The highest BCUT2D eigenvalue weighted by Crippen LogP contribution is 2.20. The molecule has 1 heterocycles. The van der Waals surface area contributed by atoms with Gasteiger partial charge in [0, 0.05) is 11.3 Å². The molecule has 0 aliphatic rings. The lowest BCUT2D eigenvalue weighted by Gasteiger charge is -2.07. The van der Waals surface area contributed by atoms with Crippen LogP contribution in [-0.2, 0) is 9.47 Å². The van der Waals surface area contributed by atoms with Crippen molar-refractivity contribution in [1.29, 1.82) is 0 Å². The first kappa shape index (κ1) is 19.4. The van der Waals surface area contributed by atoms with Crippen LogP contribution in [0.25, 0.3) is 0 Å². The fraction of sp³-hybridized carbons (Fsp3) is 0.350. The van der Waals surface area contributed by atoms with E-state index in [0.717, 1.165) is 5.56 Å². The number of H-pyrrole nitrogens is 1. The number of aromatic nitrogens is 1. The largest absolute Gasteiger partial charge is 0.465 e. The van der Waals surface area contributed by atoms with E-state index in [1.165, 1.54) is 7.11 Å². The van der Waals surface area contributed by atoms with Gasteiger partial charge < -0.3 is 14.5 Å². The summed E-state index contributed by atoms with van der Waals surface area (Å²) in [5.74, 6) is -1.13. The maximum absolute atomic E-state index is 12.3. The van der Waals surface area contributed by atoms with Crippen molar-refractivity contribution in [3.63, 3.8) is 0 Å². The molecule has 6 heteroatoms.